The highest BCUT2D eigenvalue weighted by atomic mass is 16.3. The van der Waals surface area contributed by atoms with E-state index in [0.717, 1.165) is 17.7 Å². The highest BCUT2D eigenvalue weighted by molar-refractivity contribution is 6.00. The minimum atomic E-state index is -0.460. The van der Waals surface area contributed by atoms with Crippen LogP contribution in [0.1, 0.15) is 25.3 Å². The largest absolute Gasteiger partial charge is 0.391 e. The van der Waals surface area contributed by atoms with Crippen LogP contribution in [0.4, 0.5) is 5.69 Å². The zero-order valence-electron chi connectivity index (χ0n) is 13.7. The molecule has 124 valence electrons. The molecule has 3 unspecified atom stereocenters. The molecule has 0 bridgehead atoms. The number of anilines is 1. The van der Waals surface area contributed by atoms with E-state index in [1.54, 1.807) is 9.80 Å². The Morgan fingerprint density at radius 3 is 2.57 bits per heavy atom. The fraction of sp³-hybridized carbons (Fsp3) is 0.556. The molecular formula is C18H24N2O3. The second-order valence-electron chi connectivity index (χ2n) is 6.86. The number of aryl methyl sites for hydroxylation is 1. The van der Waals surface area contributed by atoms with Crippen LogP contribution in [0.2, 0.25) is 0 Å². The Morgan fingerprint density at radius 2 is 1.91 bits per heavy atom. The molecule has 2 heterocycles. The van der Waals surface area contributed by atoms with Gasteiger partial charge in [0.15, 0.2) is 0 Å². The first-order valence-corrected chi connectivity index (χ1v) is 8.29. The van der Waals surface area contributed by atoms with E-state index in [0.29, 0.717) is 19.6 Å². The molecule has 3 atom stereocenters. The van der Waals surface area contributed by atoms with Crippen LogP contribution in [0, 0.1) is 18.8 Å². The molecule has 2 fully saturated rings. The van der Waals surface area contributed by atoms with E-state index in [2.05, 4.69) is 0 Å². The SMILES string of the molecule is Cc1ccc(N2CC(C(=O)N3CCC(C)C(O)C3)CC2=O)cc1. The lowest BCUT2D eigenvalue weighted by Crippen LogP contribution is -2.48. The molecule has 1 aromatic rings. The lowest BCUT2D eigenvalue weighted by Gasteiger charge is -2.35. The first-order chi connectivity index (χ1) is 11.0. The lowest BCUT2D eigenvalue weighted by atomic mass is 9.94. The summed E-state index contributed by atoms with van der Waals surface area (Å²) in [5, 5.41) is 9.98. The monoisotopic (exact) mass is 316 g/mol. The highest BCUT2D eigenvalue weighted by Crippen LogP contribution is 2.28. The summed E-state index contributed by atoms with van der Waals surface area (Å²) in [6.07, 6.45) is 0.613. The van der Waals surface area contributed by atoms with Crippen molar-refractivity contribution in [3.05, 3.63) is 29.8 Å². The van der Waals surface area contributed by atoms with E-state index in [-0.39, 0.29) is 30.1 Å². The number of hydrogen-bond donors (Lipinski definition) is 1. The Balaban J connectivity index is 1.67. The molecule has 0 radical (unpaired) electrons. The molecule has 0 spiro atoms. The third-order valence-electron chi connectivity index (χ3n) is 5.05. The first kappa shape index (κ1) is 16.0. The average molecular weight is 316 g/mol. The Morgan fingerprint density at radius 1 is 1.22 bits per heavy atom. The van der Waals surface area contributed by atoms with E-state index < -0.39 is 6.10 Å². The number of hydrogen-bond acceptors (Lipinski definition) is 3. The van der Waals surface area contributed by atoms with Gasteiger partial charge < -0.3 is 14.9 Å². The van der Waals surface area contributed by atoms with Crippen LogP contribution in [0.15, 0.2) is 24.3 Å². The molecule has 1 aromatic carbocycles. The molecule has 23 heavy (non-hydrogen) atoms. The van der Waals surface area contributed by atoms with Gasteiger partial charge in [0.1, 0.15) is 0 Å². The fourth-order valence-corrected chi connectivity index (χ4v) is 3.35. The third-order valence-corrected chi connectivity index (χ3v) is 5.05. The number of aliphatic hydroxyl groups excluding tert-OH is 1. The van der Waals surface area contributed by atoms with Crippen molar-refractivity contribution in [2.45, 2.75) is 32.8 Å². The Hall–Kier alpha value is -1.88. The first-order valence-electron chi connectivity index (χ1n) is 8.29. The Bertz CT molecular complexity index is 599. The summed E-state index contributed by atoms with van der Waals surface area (Å²) in [5.74, 6) is -0.0743. The van der Waals surface area contributed by atoms with E-state index in [1.165, 1.54) is 0 Å². The van der Waals surface area contributed by atoms with Crippen molar-refractivity contribution in [2.75, 3.05) is 24.5 Å². The molecule has 2 aliphatic rings. The molecule has 3 rings (SSSR count). The minimum Gasteiger partial charge on any atom is -0.391 e. The van der Waals surface area contributed by atoms with Gasteiger partial charge in [-0.2, -0.15) is 0 Å². The number of benzene rings is 1. The predicted molar refractivity (Wildman–Crippen MR) is 88.0 cm³/mol. The summed E-state index contributed by atoms with van der Waals surface area (Å²) >= 11 is 0. The van der Waals surface area contributed by atoms with Crippen molar-refractivity contribution in [2.24, 2.45) is 11.8 Å². The van der Waals surface area contributed by atoms with E-state index in [4.69, 9.17) is 0 Å². The maximum absolute atomic E-state index is 12.7. The van der Waals surface area contributed by atoms with Crippen LogP contribution in [0.3, 0.4) is 0 Å². The van der Waals surface area contributed by atoms with Gasteiger partial charge in [0.25, 0.3) is 0 Å². The number of aliphatic hydroxyl groups is 1. The van der Waals surface area contributed by atoms with Crippen LogP contribution in [-0.4, -0.2) is 47.6 Å². The summed E-state index contributed by atoms with van der Waals surface area (Å²) in [6, 6.07) is 7.79. The van der Waals surface area contributed by atoms with Crippen molar-refractivity contribution in [3.8, 4) is 0 Å². The van der Waals surface area contributed by atoms with Crippen molar-refractivity contribution >= 4 is 17.5 Å². The molecule has 2 aliphatic heterocycles. The average Bonchev–Trinajstić information content (AvgIpc) is 2.92. The Kier molecular flexibility index (Phi) is 4.39. The van der Waals surface area contributed by atoms with Gasteiger partial charge in [0, 0.05) is 31.7 Å². The number of β-amino-alcohol motifs (C(OH)–C–C–N with tert-alkyl or cyclic N) is 1. The topological polar surface area (TPSA) is 60.9 Å². The molecule has 1 N–H and O–H groups in total. The van der Waals surface area contributed by atoms with Gasteiger partial charge in [0.2, 0.25) is 11.8 Å². The lowest BCUT2D eigenvalue weighted by molar-refractivity contribution is -0.139. The van der Waals surface area contributed by atoms with Crippen molar-refractivity contribution < 1.29 is 14.7 Å². The predicted octanol–water partition coefficient (Wildman–Crippen LogP) is 1.58. The van der Waals surface area contributed by atoms with Crippen LogP contribution < -0.4 is 4.90 Å². The van der Waals surface area contributed by atoms with E-state index >= 15 is 0 Å². The van der Waals surface area contributed by atoms with Gasteiger partial charge in [-0.05, 0) is 31.4 Å². The van der Waals surface area contributed by atoms with Crippen LogP contribution >= 0.6 is 0 Å². The van der Waals surface area contributed by atoms with Gasteiger partial charge in [-0.1, -0.05) is 24.6 Å². The maximum atomic E-state index is 12.7. The number of amides is 2. The summed E-state index contributed by atoms with van der Waals surface area (Å²) in [5.41, 5.74) is 1.99. The minimum absolute atomic E-state index is 0.00101. The van der Waals surface area contributed by atoms with E-state index in [1.807, 2.05) is 38.1 Å². The van der Waals surface area contributed by atoms with Crippen molar-refractivity contribution in [1.82, 2.24) is 4.90 Å². The molecule has 5 nitrogen and oxygen atoms in total. The number of nitrogens with zero attached hydrogens (tertiary/aromatic N) is 2. The third kappa shape index (κ3) is 3.24. The molecule has 2 amide bonds. The second kappa shape index (κ2) is 6.32. The maximum Gasteiger partial charge on any atom is 0.228 e. The smallest absolute Gasteiger partial charge is 0.228 e. The molecule has 0 aromatic heterocycles. The quantitative estimate of drug-likeness (QED) is 0.901. The Labute approximate surface area is 136 Å². The summed E-state index contributed by atoms with van der Waals surface area (Å²) in [7, 11) is 0. The van der Waals surface area contributed by atoms with Gasteiger partial charge in [-0.3, -0.25) is 9.59 Å². The standard InChI is InChI=1S/C18H24N2O3/c1-12-3-5-15(6-4-12)20-10-14(9-17(20)22)18(23)19-8-7-13(2)16(21)11-19/h3-6,13-14,16,21H,7-11H2,1-2H3. The second-order valence-corrected chi connectivity index (χ2v) is 6.86. The summed E-state index contributed by atoms with van der Waals surface area (Å²) in [6.45, 7) is 5.50. The van der Waals surface area contributed by atoms with Crippen LogP contribution in [0.25, 0.3) is 0 Å². The van der Waals surface area contributed by atoms with Gasteiger partial charge >= 0.3 is 0 Å². The van der Waals surface area contributed by atoms with Crippen molar-refractivity contribution in [3.63, 3.8) is 0 Å². The number of likely N-dealkylation sites (tertiary alicyclic amines) is 1. The van der Waals surface area contributed by atoms with Crippen molar-refractivity contribution in [1.29, 1.82) is 0 Å². The molecule has 0 saturated carbocycles. The molecule has 2 saturated heterocycles. The number of rotatable bonds is 2. The summed E-state index contributed by atoms with van der Waals surface area (Å²) < 4.78 is 0. The number of carbonyl (C=O) groups excluding carboxylic acids is 2. The van der Waals surface area contributed by atoms with Gasteiger partial charge in [-0.15, -0.1) is 0 Å². The molecule has 0 aliphatic carbocycles. The van der Waals surface area contributed by atoms with Crippen LogP contribution in [-0.2, 0) is 9.59 Å². The molecule has 5 heteroatoms. The number of piperidine rings is 1. The number of carbonyl (C=O) groups is 2. The van der Waals surface area contributed by atoms with E-state index in [9.17, 15) is 14.7 Å². The normalized spacial score (nSPS) is 28.3. The highest BCUT2D eigenvalue weighted by Gasteiger charge is 2.38. The zero-order valence-corrected chi connectivity index (χ0v) is 13.7. The fourth-order valence-electron chi connectivity index (χ4n) is 3.35. The van der Waals surface area contributed by atoms with Gasteiger partial charge in [-0.25, -0.2) is 0 Å². The molecular weight excluding hydrogens is 292 g/mol. The van der Waals surface area contributed by atoms with Crippen LogP contribution in [0.5, 0.6) is 0 Å². The van der Waals surface area contributed by atoms with Gasteiger partial charge in [0.05, 0.1) is 12.0 Å². The zero-order chi connectivity index (χ0) is 16.6. The summed E-state index contributed by atoms with van der Waals surface area (Å²) in [4.78, 5) is 28.4.